The molecule has 0 aliphatic heterocycles. The predicted molar refractivity (Wildman–Crippen MR) is 180 cm³/mol. The first kappa shape index (κ1) is 28.5. The summed E-state index contributed by atoms with van der Waals surface area (Å²) in [5, 5.41) is 10.6. The van der Waals surface area contributed by atoms with E-state index < -0.39 is 30.9 Å². The van der Waals surface area contributed by atoms with E-state index in [-0.39, 0.29) is 6.04 Å². The molecule has 5 aromatic rings. The van der Waals surface area contributed by atoms with Gasteiger partial charge in [-0.05, 0) is 53.9 Å². The van der Waals surface area contributed by atoms with E-state index in [1.165, 1.54) is 21.5 Å². The Labute approximate surface area is 253 Å². The van der Waals surface area contributed by atoms with Gasteiger partial charge in [0.15, 0.2) is 0 Å². The lowest BCUT2D eigenvalue weighted by Crippen LogP contribution is -2.41. The molecule has 5 aromatic carbocycles. The predicted octanol–water partition coefficient (Wildman–Crippen LogP) is 6.28. The van der Waals surface area contributed by atoms with Gasteiger partial charge in [0, 0.05) is 6.04 Å². The lowest BCUT2D eigenvalue weighted by Gasteiger charge is -2.30. The lowest BCUT2D eigenvalue weighted by molar-refractivity contribution is 0.609. The Kier molecular flexibility index (Phi) is 8.46. The molecular weight excluding hydrogens is 549 g/mol. The summed E-state index contributed by atoms with van der Waals surface area (Å²) in [6.07, 6.45) is 5.20. The van der Waals surface area contributed by atoms with E-state index in [0.717, 1.165) is 17.5 Å². The van der Waals surface area contributed by atoms with Crippen molar-refractivity contribution in [3.05, 3.63) is 176 Å². The first-order valence-electron chi connectivity index (χ1n) is 14.5. The van der Waals surface area contributed by atoms with Crippen LogP contribution in [0, 0.1) is 0 Å². The van der Waals surface area contributed by atoms with Crippen molar-refractivity contribution >= 4 is 29.9 Å². The Balaban J connectivity index is 1.32. The summed E-state index contributed by atoms with van der Waals surface area (Å²) in [4.78, 5) is 25.9. The molecule has 0 bridgehead atoms. The van der Waals surface area contributed by atoms with Gasteiger partial charge in [0.05, 0.1) is 12.1 Å². The maximum atomic E-state index is 13.0. The van der Waals surface area contributed by atoms with Crippen LogP contribution in [0.15, 0.2) is 154 Å². The Morgan fingerprint density at radius 2 is 1.12 bits per heavy atom. The maximum absolute atomic E-state index is 13.0. The highest BCUT2D eigenvalue weighted by Crippen LogP contribution is 2.49. The maximum Gasteiger partial charge on any atom is 0.253 e. The standard InChI is InChI=1S/C37H34N3O2P/c1-25(30-23-14-24-31(30)43(28-19-10-4-11-20-28)29-21-12-5-13-22-29)39-34-35(37(42)36(34)41)40-33(27-17-8-3-9-18-27)32(38)26-15-6-2-7-16-26/h2-22,24-25,32-33,39-40H,23,38H2,1H3/t25-,32+,33+/m1/s1. The largest absolute Gasteiger partial charge is 0.374 e. The van der Waals surface area contributed by atoms with Crippen molar-refractivity contribution in [1.82, 2.24) is 0 Å². The van der Waals surface area contributed by atoms with Crippen LogP contribution >= 0.6 is 7.92 Å². The van der Waals surface area contributed by atoms with E-state index >= 15 is 0 Å². The molecule has 5 nitrogen and oxygen atoms in total. The summed E-state index contributed by atoms with van der Waals surface area (Å²) >= 11 is 0. The second-order valence-electron chi connectivity index (χ2n) is 10.8. The molecule has 0 fully saturated rings. The molecule has 6 rings (SSSR count). The molecule has 0 radical (unpaired) electrons. The van der Waals surface area contributed by atoms with Crippen molar-refractivity contribution in [2.24, 2.45) is 5.73 Å². The summed E-state index contributed by atoms with van der Waals surface area (Å²) in [6.45, 7) is 2.07. The lowest BCUT2D eigenvalue weighted by atomic mass is 9.93. The number of allylic oxidation sites excluding steroid dienone is 3. The fourth-order valence-corrected chi connectivity index (χ4v) is 8.36. The normalized spacial score (nSPS) is 15.0. The van der Waals surface area contributed by atoms with Crippen molar-refractivity contribution in [2.45, 2.75) is 31.5 Å². The van der Waals surface area contributed by atoms with Crippen LogP contribution in [0.5, 0.6) is 0 Å². The van der Waals surface area contributed by atoms with E-state index in [0.29, 0.717) is 11.4 Å². The van der Waals surface area contributed by atoms with Crippen LogP contribution in [-0.4, -0.2) is 6.04 Å². The third-order valence-corrected chi connectivity index (χ3v) is 10.6. The summed E-state index contributed by atoms with van der Waals surface area (Å²) in [5.41, 5.74) is 9.45. The van der Waals surface area contributed by atoms with Gasteiger partial charge >= 0.3 is 0 Å². The Hall–Kier alpha value is -4.57. The third kappa shape index (κ3) is 5.87. The van der Waals surface area contributed by atoms with Gasteiger partial charge in [0.2, 0.25) is 0 Å². The monoisotopic (exact) mass is 583 g/mol. The van der Waals surface area contributed by atoms with Crippen LogP contribution in [0.3, 0.4) is 0 Å². The second kappa shape index (κ2) is 12.7. The Bertz CT molecular complexity index is 1770. The molecule has 0 aromatic heterocycles. The second-order valence-corrected chi connectivity index (χ2v) is 13.0. The van der Waals surface area contributed by atoms with Gasteiger partial charge in [-0.3, -0.25) is 9.59 Å². The van der Waals surface area contributed by atoms with Crippen molar-refractivity contribution < 1.29 is 0 Å². The quantitative estimate of drug-likeness (QED) is 0.126. The van der Waals surface area contributed by atoms with Crippen LogP contribution in [-0.2, 0) is 0 Å². The summed E-state index contributed by atoms with van der Waals surface area (Å²) in [6, 6.07) is 39.8. The molecule has 43 heavy (non-hydrogen) atoms. The number of benzene rings is 4. The number of rotatable bonds is 11. The van der Waals surface area contributed by atoms with Gasteiger partial charge in [0.1, 0.15) is 11.4 Å². The molecule has 214 valence electrons. The highest BCUT2D eigenvalue weighted by atomic mass is 31.1. The molecule has 0 spiro atoms. The number of nitrogens with two attached hydrogens (primary N) is 1. The van der Waals surface area contributed by atoms with Crippen LogP contribution in [0.4, 0.5) is 11.4 Å². The summed E-state index contributed by atoms with van der Waals surface area (Å²) < 4.78 is 0. The average Bonchev–Trinajstić information content (AvgIpc) is 3.55. The van der Waals surface area contributed by atoms with E-state index in [1.807, 2.05) is 72.8 Å². The highest BCUT2D eigenvalue weighted by Gasteiger charge is 2.31. The van der Waals surface area contributed by atoms with E-state index in [4.69, 9.17) is 5.73 Å². The van der Waals surface area contributed by atoms with E-state index in [1.54, 1.807) is 0 Å². The van der Waals surface area contributed by atoms with Gasteiger partial charge in [-0.25, -0.2) is 0 Å². The number of hydrogen-bond donors (Lipinski definition) is 3. The van der Waals surface area contributed by atoms with Crippen LogP contribution in [0.2, 0.25) is 0 Å². The molecule has 0 saturated heterocycles. The first-order chi connectivity index (χ1) is 21.0. The molecule has 1 aliphatic rings. The van der Waals surface area contributed by atoms with Crippen LogP contribution in [0.1, 0.15) is 36.6 Å². The molecule has 1 aliphatic carbocycles. The summed E-state index contributed by atoms with van der Waals surface area (Å²) in [7, 11) is -0.792. The van der Waals surface area contributed by atoms with Gasteiger partial charge < -0.3 is 16.4 Å². The van der Waals surface area contributed by atoms with Gasteiger partial charge in [0.25, 0.3) is 10.9 Å². The molecular formula is C37H34N3O2P. The zero-order chi connectivity index (χ0) is 29.8. The van der Waals surface area contributed by atoms with Gasteiger partial charge in [-0.2, -0.15) is 0 Å². The minimum atomic E-state index is -0.792. The molecule has 3 atom stereocenters. The minimum Gasteiger partial charge on any atom is -0.374 e. The molecule has 0 saturated carbocycles. The number of anilines is 2. The number of nitrogens with one attached hydrogen (secondary N) is 2. The molecule has 0 unspecified atom stereocenters. The smallest absolute Gasteiger partial charge is 0.253 e. The van der Waals surface area contributed by atoms with Gasteiger partial charge in [-0.15, -0.1) is 0 Å². The van der Waals surface area contributed by atoms with Crippen molar-refractivity contribution in [3.63, 3.8) is 0 Å². The van der Waals surface area contributed by atoms with Crippen molar-refractivity contribution in [1.29, 1.82) is 0 Å². The van der Waals surface area contributed by atoms with Crippen LogP contribution < -0.4 is 37.8 Å². The first-order valence-corrected chi connectivity index (χ1v) is 15.9. The fourth-order valence-electron chi connectivity index (χ4n) is 5.74. The van der Waals surface area contributed by atoms with E-state index in [9.17, 15) is 9.59 Å². The number of hydrogen-bond acceptors (Lipinski definition) is 5. The minimum absolute atomic E-state index is 0.163. The Morgan fingerprint density at radius 1 is 0.651 bits per heavy atom. The van der Waals surface area contributed by atoms with E-state index in [2.05, 4.69) is 78.2 Å². The summed E-state index contributed by atoms with van der Waals surface area (Å²) in [5.74, 6) is 0. The van der Waals surface area contributed by atoms with Crippen molar-refractivity contribution in [2.75, 3.05) is 10.6 Å². The molecule has 4 N–H and O–H groups in total. The Morgan fingerprint density at radius 3 is 1.65 bits per heavy atom. The van der Waals surface area contributed by atoms with Crippen molar-refractivity contribution in [3.8, 4) is 0 Å². The third-order valence-electron chi connectivity index (χ3n) is 8.01. The molecule has 6 heteroatoms. The average molecular weight is 584 g/mol. The SMILES string of the molecule is C[C@@H](Nc1c(N[C@@H](c2ccccc2)[C@@H](N)c2ccccc2)c(=O)c1=O)C1=C(P(c2ccccc2)c2ccccc2)C=CC1. The van der Waals surface area contributed by atoms with Gasteiger partial charge in [-0.1, -0.05) is 133 Å². The fraction of sp³-hybridized carbons (Fsp3) is 0.135. The zero-order valence-electron chi connectivity index (χ0n) is 24.0. The zero-order valence-corrected chi connectivity index (χ0v) is 24.9. The molecule has 0 amide bonds. The van der Waals surface area contributed by atoms with Crippen LogP contribution in [0.25, 0.3) is 0 Å². The highest BCUT2D eigenvalue weighted by molar-refractivity contribution is 7.77. The molecule has 0 heterocycles. The topological polar surface area (TPSA) is 84.2 Å².